The highest BCUT2D eigenvalue weighted by Gasteiger charge is 2.07. The van der Waals surface area contributed by atoms with Crippen LogP contribution in [-0.4, -0.2) is 19.1 Å². The molecule has 29 heavy (non-hydrogen) atoms. The lowest BCUT2D eigenvalue weighted by molar-refractivity contribution is 0.0526. The van der Waals surface area contributed by atoms with E-state index >= 15 is 0 Å². The maximum Gasteiger partial charge on any atom is 0.338 e. The topological polar surface area (TPSA) is 47.6 Å². The van der Waals surface area contributed by atoms with Crippen molar-refractivity contribution in [1.29, 1.82) is 0 Å². The molecule has 0 heterocycles. The molecule has 0 aliphatic carbocycles. The van der Waals surface area contributed by atoms with Crippen molar-refractivity contribution in [3.05, 3.63) is 94.0 Å². The summed E-state index contributed by atoms with van der Waals surface area (Å²) < 4.78 is 12.1. The van der Waals surface area contributed by atoms with E-state index in [2.05, 4.69) is 39.4 Å². The van der Waals surface area contributed by atoms with Gasteiger partial charge in [0.1, 0.15) is 12.4 Å². The molecule has 3 rings (SSSR count). The summed E-state index contributed by atoms with van der Waals surface area (Å²) in [6, 6.07) is 23.5. The molecule has 3 aromatic rings. The van der Waals surface area contributed by atoms with Gasteiger partial charge in [-0.25, -0.2) is 4.79 Å². The van der Waals surface area contributed by atoms with Gasteiger partial charge in [0.25, 0.3) is 0 Å². The van der Waals surface area contributed by atoms with Gasteiger partial charge in [-0.15, -0.1) is 0 Å². The second-order valence-electron chi connectivity index (χ2n) is 6.50. The molecular formula is C24H24BrNO3. The third kappa shape index (κ3) is 6.36. The molecule has 0 saturated carbocycles. The molecule has 0 atom stereocenters. The van der Waals surface area contributed by atoms with Gasteiger partial charge in [0.15, 0.2) is 0 Å². The summed E-state index contributed by atoms with van der Waals surface area (Å²) in [6.07, 6.45) is 0.809. The molecular weight excluding hydrogens is 430 g/mol. The number of hydrogen-bond acceptors (Lipinski definition) is 4. The molecule has 0 aliphatic rings. The molecule has 5 heteroatoms. The van der Waals surface area contributed by atoms with Crippen LogP contribution in [0.15, 0.2) is 77.3 Å². The second-order valence-corrected chi connectivity index (χ2v) is 7.42. The first-order valence-corrected chi connectivity index (χ1v) is 10.4. The second kappa shape index (κ2) is 10.7. The summed E-state index contributed by atoms with van der Waals surface area (Å²) in [4.78, 5) is 11.7. The zero-order valence-electron chi connectivity index (χ0n) is 16.4. The summed E-state index contributed by atoms with van der Waals surface area (Å²) in [5, 5.41) is 3.39. The van der Waals surface area contributed by atoms with Crippen molar-refractivity contribution in [2.45, 2.75) is 20.0 Å². The predicted octanol–water partition coefficient (Wildman–Crippen LogP) is 5.86. The van der Waals surface area contributed by atoms with Crippen molar-refractivity contribution >= 4 is 27.6 Å². The fraction of sp³-hybridized carbons (Fsp3) is 0.208. The van der Waals surface area contributed by atoms with Gasteiger partial charge in [0.2, 0.25) is 0 Å². The third-order valence-corrected chi connectivity index (χ3v) is 4.87. The quantitative estimate of drug-likeness (QED) is 0.412. The first kappa shape index (κ1) is 20.9. The number of rotatable bonds is 9. The smallest absolute Gasteiger partial charge is 0.338 e. The van der Waals surface area contributed by atoms with Crippen LogP contribution in [0.2, 0.25) is 0 Å². The van der Waals surface area contributed by atoms with Crippen LogP contribution < -0.4 is 10.1 Å². The van der Waals surface area contributed by atoms with Crippen molar-refractivity contribution in [2.24, 2.45) is 0 Å². The number of hydrogen-bond donors (Lipinski definition) is 1. The van der Waals surface area contributed by atoms with E-state index in [9.17, 15) is 4.79 Å². The zero-order chi connectivity index (χ0) is 20.5. The van der Waals surface area contributed by atoms with Crippen LogP contribution in [0.3, 0.4) is 0 Å². The number of carbonyl (C=O) groups excluding carboxylic acids is 1. The van der Waals surface area contributed by atoms with Crippen molar-refractivity contribution in [1.82, 2.24) is 0 Å². The molecule has 0 amide bonds. The molecule has 0 aliphatic heterocycles. The normalized spacial score (nSPS) is 10.4. The number of nitrogens with one attached hydrogen (secondary N) is 1. The summed E-state index contributed by atoms with van der Waals surface area (Å²) in [5.74, 6) is 0.588. The molecule has 0 radical (unpaired) electrons. The monoisotopic (exact) mass is 453 g/mol. The summed E-state index contributed by atoms with van der Waals surface area (Å²) in [6.45, 7) is 3.46. The Bertz CT molecular complexity index is 927. The molecule has 0 fully saturated rings. The highest BCUT2D eigenvalue weighted by atomic mass is 79.9. The van der Waals surface area contributed by atoms with Crippen LogP contribution >= 0.6 is 15.9 Å². The Labute approximate surface area is 180 Å². The van der Waals surface area contributed by atoms with Gasteiger partial charge in [-0.05, 0) is 66.9 Å². The fourth-order valence-corrected chi connectivity index (χ4v) is 3.31. The average molecular weight is 454 g/mol. The Kier molecular flexibility index (Phi) is 7.70. The third-order valence-electron chi connectivity index (χ3n) is 4.38. The van der Waals surface area contributed by atoms with Gasteiger partial charge >= 0.3 is 5.97 Å². The van der Waals surface area contributed by atoms with Gasteiger partial charge in [-0.2, -0.15) is 0 Å². The Morgan fingerprint density at radius 2 is 1.76 bits per heavy atom. The maximum atomic E-state index is 11.7. The number of ether oxygens (including phenoxy) is 2. The van der Waals surface area contributed by atoms with Gasteiger partial charge < -0.3 is 14.8 Å². The van der Waals surface area contributed by atoms with Crippen LogP contribution in [0.5, 0.6) is 5.75 Å². The molecule has 4 nitrogen and oxygen atoms in total. The lowest BCUT2D eigenvalue weighted by Gasteiger charge is -2.13. The molecule has 0 aromatic heterocycles. The van der Waals surface area contributed by atoms with E-state index in [1.807, 2.05) is 42.5 Å². The van der Waals surface area contributed by atoms with Gasteiger partial charge in [-0.1, -0.05) is 46.3 Å². The summed E-state index contributed by atoms with van der Waals surface area (Å²) in [5.41, 5.74) is 3.79. The lowest BCUT2D eigenvalue weighted by atomic mass is 10.1. The Hall–Kier alpha value is -2.79. The highest BCUT2D eigenvalue weighted by Crippen LogP contribution is 2.25. The zero-order valence-corrected chi connectivity index (χ0v) is 17.9. The van der Waals surface area contributed by atoms with E-state index in [0.717, 1.165) is 40.0 Å². The van der Waals surface area contributed by atoms with E-state index < -0.39 is 0 Å². The molecule has 0 spiro atoms. The molecule has 0 unspecified atom stereocenters. The van der Waals surface area contributed by atoms with Crippen LogP contribution in [-0.2, 0) is 17.8 Å². The minimum absolute atomic E-state index is 0.298. The summed E-state index contributed by atoms with van der Waals surface area (Å²) in [7, 11) is 0. The maximum absolute atomic E-state index is 11.7. The molecule has 3 aromatic carbocycles. The van der Waals surface area contributed by atoms with E-state index in [4.69, 9.17) is 9.47 Å². The van der Waals surface area contributed by atoms with E-state index in [-0.39, 0.29) is 5.97 Å². The van der Waals surface area contributed by atoms with Crippen LogP contribution in [0.4, 0.5) is 5.69 Å². The van der Waals surface area contributed by atoms with Crippen LogP contribution in [0.25, 0.3) is 0 Å². The Morgan fingerprint density at radius 1 is 1.00 bits per heavy atom. The number of esters is 1. The van der Waals surface area contributed by atoms with Crippen LogP contribution in [0.1, 0.15) is 28.4 Å². The first-order chi connectivity index (χ1) is 14.2. The lowest BCUT2D eigenvalue weighted by Crippen LogP contribution is -2.08. The minimum Gasteiger partial charge on any atom is -0.489 e. The fourth-order valence-electron chi connectivity index (χ4n) is 2.90. The van der Waals surface area contributed by atoms with Gasteiger partial charge in [0, 0.05) is 16.7 Å². The highest BCUT2D eigenvalue weighted by molar-refractivity contribution is 9.10. The van der Waals surface area contributed by atoms with Gasteiger partial charge in [0.05, 0.1) is 12.2 Å². The van der Waals surface area contributed by atoms with Crippen LogP contribution in [0, 0.1) is 0 Å². The molecule has 0 bridgehead atoms. The average Bonchev–Trinajstić information content (AvgIpc) is 2.74. The standard InChI is InChI=1S/C24H24BrNO3/c1-2-28-24(27)19-8-11-22(12-9-19)26-15-14-20-16-21(25)10-13-23(20)29-17-18-6-4-3-5-7-18/h3-13,16,26H,2,14-15,17H2,1H3. The molecule has 0 saturated heterocycles. The predicted molar refractivity (Wildman–Crippen MR) is 120 cm³/mol. The van der Waals surface area contributed by atoms with E-state index in [1.54, 1.807) is 19.1 Å². The minimum atomic E-state index is -0.298. The van der Waals surface area contributed by atoms with E-state index in [1.165, 1.54) is 0 Å². The first-order valence-electron chi connectivity index (χ1n) is 9.62. The largest absolute Gasteiger partial charge is 0.489 e. The Balaban J connectivity index is 1.57. The number of benzene rings is 3. The number of halogens is 1. The van der Waals surface area contributed by atoms with Crippen molar-refractivity contribution in [3.63, 3.8) is 0 Å². The van der Waals surface area contributed by atoms with Gasteiger partial charge in [-0.3, -0.25) is 0 Å². The summed E-state index contributed by atoms with van der Waals surface area (Å²) >= 11 is 3.54. The number of anilines is 1. The van der Waals surface area contributed by atoms with Crippen molar-refractivity contribution in [3.8, 4) is 5.75 Å². The molecule has 1 N–H and O–H groups in total. The van der Waals surface area contributed by atoms with Crippen molar-refractivity contribution < 1.29 is 14.3 Å². The Morgan fingerprint density at radius 3 is 2.48 bits per heavy atom. The molecule has 150 valence electrons. The number of carbonyl (C=O) groups is 1. The SMILES string of the molecule is CCOC(=O)c1ccc(NCCc2cc(Br)ccc2OCc2ccccc2)cc1. The van der Waals surface area contributed by atoms with Crippen molar-refractivity contribution in [2.75, 3.05) is 18.5 Å². The van der Waals surface area contributed by atoms with E-state index in [0.29, 0.717) is 18.8 Å².